The Hall–Kier alpha value is -2.83. The molecule has 0 saturated carbocycles. The van der Waals surface area contributed by atoms with E-state index in [0.29, 0.717) is 5.82 Å². The van der Waals surface area contributed by atoms with Gasteiger partial charge in [0, 0.05) is 31.7 Å². The van der Waals surface area contributed by atoms with Crippen molar-refractivity contribution in [1.82, 2.24) is 24.1 Å². The normalized spacial score (nSPS) is 10.8. The number of anilines is 1. The Kier molecular flexibility index (Phi) is 3.31. The van der Waals surface area contributed by atoms with E-state index in [0.717, 1.165) is 11.4 Å². The van der Waals surface area contributed by atoms with Crippen LogP contribution in [-0.4, -0.2) is 30.0 Å². The van der Waals surface area contributed by atoms with E-state index in [4.69, 9.17) is 0 Å². The molecule has 0 bridgehead atoms. The summed E-state index contributed by atoms with van der Waals surface area (Å²) in [6.45, 7) is 2.04. The molecule has 0 aliphatic carbocycles. The first-order valence-corrected chi connectivity index (χ1v) is 6.58. The summed E-state index contributed by atoms with van der Waals surface area (Å²) in [7, 11) is 1.79. The van der Waals surface area contributed by atoms with Gasteiger partial charge in [0.1, 0.15) is 12.4 Å². The molecule has 0 radical (unpaired) electrons. The van der Waals surface area contributed by atoms with Crippen LogP contribution in [0.5, 0.6) is 0 Å². The molecule has 0 fully saturated rings. The minimum Gasteiger partial charge on any atom is -0.321 e. The van der Waals surface area contributed by atoms with Crippen LogP contribution >= 0.6 is 0 Å². The maximum absolute atomic E-state index is 12.0. The molecular formula is C14H16N6O. The highest BCUT2D eigenvalue weighted by molar-refractivity contribution is 5.89. The number of carbonyl (C=O) groups excluding carboxylic acids is 1. The molecule has 21 heavy (non-hydrogen) atoms. The Morgan fingerprint density at radius 2 is 2.10 bits per heavy atom. The second-order valence-electron chi connectivity index (χ2n) is 4.83. The molecule has 3 aromatic rings. The highest BCUT2D eigenvalue weighted by atomic mass is 16.2. The molecule has 7 nitrogen and oxygen atoms in total. The number of nitrogens with zero attached hydrogens (tertiary/aromatic N) is 5. The van der Waals surface area contributed by atoms with Crippen LogP contribution in [0.2, 0.25) is 0 Å². The van der Waals surface area contributed by atoms with E-state index < -0.39 is 0 Å². The molecule has 0 spiro atoms. The van der Waals surface area contributed by atoms with Crippen LogP contribution in [0.1, 0.15) is 5.69 Å². The first kappa shape index (κ1) is 13.2. The van der Waals surface area contributed by atoms with Crippen molar-refractivity contribution >= 4 is 11.7 Å². The maximum Gasteiger partial charge on any atom is 0.247 e. The number of amides is 1. The summed E-state index contributed by atoms with van der Waals surface area (Å²) in [6, 6.07) is 5.70. The summed E-state index contributed by atoms with van der Waals surface area (Å²) in [4.78, 5) is 12.0. The summed E-state index contributed by atoms with van der Waals surface area (Å²) in [5, 5.41) is 11.2. The van der Waals surface area contributed by atoms with E-state index in [1.54, 1.807) is 22.6 Å². The van der Waals surface area contributed by atoms with Crippen molar-refractivity contribution in [2.75, 3.05) is 5.32 Å². The van der Waals surface area contributed by atoms with Crippen LogP contribution in [0.3, 0.4) is 0 Å². The second kappa shape index (κ2) is 5.28. The highest BCUT2D eigenvalue weighted by Gasteiger charge is 2.09. The lowest BCUT2D eigenvalue weighted by Gasteiger charge is -2.05. The molecule has 0 atom stereocenters. The van der Waals surface area contributed by atoms with Gasteiger partial charge in [0.25, 0.3) is 0 Å². The molecule has 1 amide bonds. The van der Waals surface area contributed by atoms with Crippen LogP contribution in [0.15, 0.2) is 43.0 Å². The van der Waals surface area contributed by atoms with Crippen LogP contribution < -0.4 is 5.32 Å². The largest absolute Gasteiger partial charge is 0.321 e. The third-order valence-electron chi connectivity index (χ3n) is 3.10. The Morgan fingerprint density at radius 1 is 1.33 bits per heavy atom. The first-order chi connectivity index (χ1) is 10.1. The van der Waals surface area contributed by atoms with Crippen molar-refractivity contribution in [3.8, 4) is 5.69 Å². The topological polar surface area (TPSA) is 69.7 Å². The van der Waals surface area contributed by atoms with Crippen molar-refractivity contribution in [1.29, 1.82) is 0 Å². The van der Waals surface area contributed by atoms with E-state index in [1.807, 2.05) is 48.3 Å². The van der Waals surface area contributed by atoms with Gasteiger partial charge >= 0.3 is 0 Å². The van der Waals surface area contributed by atoms with Gasteiger partial charge in [-0.1, -0.05) is 0 Å². The standard InChI is InChI=1S/C14H16N6O/c1-11-7-13(18(2)17-11)16-14(21)10-20-9-12(8-15-20)19-5-3-4-6-19/h3-9H,10H2,1-2H3,(H,16,21). The number of carbonyl (C=O) groups is 1. The summed E-state index contributed by atoms with van der Waals surface area (Å²) >= 11 is 0. The molecule has 3 heterocycles. The minimum absolute atomic E-state index is 0.139. The molecule has 0 aliphatic rings. The Morgan fingerprint density at radius 3 is 2.76 bits per heavy atom. The Balaban J connectivity index is 1.66. The number of hydrogen-bond donors (Lipinski definition) is 1. The molecule has 3 rings (SSSR count). The fraction of sp³-hybridized carbons (Fsp3) is 0.214. The predicted molar refractivity (Wildman–Crippen MR) is 78.1 cm³/mol. The van der Waals surface area contributed by atoms with Crippen molar-refractivity contribution < 1.29 is 4.79 Å². The number of aryl methyl sites for hydroxylation is 2. The van der Waals surface area contributed by atoms with Crippen LogP contribution in [0.4, 0.5) is 5.82 Å². The fourth-order valence-corrected chi connectivity index (χ4v) is 2.14. The molecule has 3 aromatic heterocycles. The Labute approximate surface area is 121 Å². The van der Waals surface area contributed by atoms with Gasteiger partial charge in [0.05, 0.1) is 17.6 Å². The van der Waals surface area contributed by atoms with Crippen LogP contribution in [-0.2, 0) is 18.4 Å². The van der Waals surface area contributed by atoms with Crippen molar-refractivity contribution in [3.63, 3.8) is 0 Å². The van der Waals surface area contributed by atoms with Crippen molar-refractivity contribution in [3.05, 3.63) is 48.7 Å². The fourth-order valence-electron chi connectivity index (χ4n) is 2.14. The van der Waals surface area contributed by atoms with Crippen LogP contribution in [0, 0.1) is 6.92 Å². The molecule has 0 saturated heterocycles. The van der Waals surface area contributed by atoms with Crippen LogP contribution in [0.25, 0.3) is 5.69 Å². The molecule has 7 heteroatoms. The lowest BCUT2D eigenvalue weighted by molar-refractivity contribution is -0.116. The molecule has 1 N–H and O–H groups in total. The zero-order chi connectivity index (χ0) is 14.8. The van der Waals surface area contributed by atoms with Gasteiger partial charge in [0.15, 0.2) is 0 Å². The average molecular weight is 284 g/mol. The van der Waals surface area contributed by atoms with Gasteiger partial charge in [0.2, 0.25) is 5.91 Å². The summed E-state index contributed by atoms with van der Waals surface area (Å²) < 4.78 is 5.18. The van der Waals surface area contributed by atoms with E-state index in [-0.39, 0.29) is 12.5 Å². The maximum atomic E-state index is 12.0. The first-order valence-electron chi connectivity index (χ1n) is 6.58. The molecule has 0 aliphatic heterocycles. The number of hydrogen-bond acceptors (Lipinski definition) is 3. The minimum atomic E-state index is -0.139. The van der Waals surface area contributed by atoms with Gasteiger partial charge in [-0.15, -0.1) is 0 Å². The number of nitrogens with one attached hydrogen (secondary N) is 1. The molecule has 108 valence electrons. The molecule has 0 aromatic carbocycles. The monoisotopic (exact) mass is 284 g/mol. The third kappa shape index (κ3) is 2.86. The lowest BCUT2D eigenvalue weighted by Crippen LogP contribution is -2.20. The van der Waals surface area contributed by atoms with E-state index in [2.05, 4.69) is 15.5 Å². The van der Waals surface area contributed by atoms with Gasteiger partial charge < -0.3 is 9.88 Å². The van der Waals surface area contributed by atoms with E-state index in [1.165, 1.54) is 0 Å². The third-order valence-corrected chi connectivity index (χ3v) is 3.10. The zero-order valence-electron chi connectivity index (χ0n) is 11.9. The van der Waals surface area contributed by atoms with E-state index in [9.17, 15) is 4.79 Å². The lowest BCUT2D eigenvalue weighted by atomic mass is 10.4. The van der Waals surface area contributed by atoms with Gasteiger partial charge in [-0.05, 0) is 19.1 Å². The summed E-state index contributed by atoms with van der Waals surface area (Å²) in [6.07, 6.45) is 7.41. The Bertz CT molecular complexity index is 752. The highest BCUT2D eigenvalue weighted by Crippen LogP contribution is 2.09. The average Bonchev–Trinajstić information content (AvgIpc) is 3.11. The number of rotatable bonds is 4. The predicted octanol–water partition coefficient (Wildman–Crippen LogP) is 1.35. The zero-order valence-corrected chi connectivity index (χ0v) is 11.9. The molecule has 0 unspecified atom stereocenters. The van der Waals surface area contributed by atoms with E-state index >= 15 is 0 Å². The van der Waals surface area contributed by atoms with Gasteiger partial charge in [-0.25, -0.2) is 0 Å². The van der Waals surface area contributed by atoms with Crippen molar-refractivity contribution in [2.24, 2.45) is 7.05 Å². The van der Waals surface area contributed by atoms with Gasteiger partial charge in [-0.2, -0.15) is 10.2 Å². The SMILES string of the molecule is Cc1cc(NC(=O)Cn2cc(-n3cccc3)cn2)n(C)n1. The number of aromatic nitrogens is 5. The quantitative estimate of drug-likeness (QED) is 0.786. The second-order valence-corrected chi connectivity index (χ2v) is 4.83. The molecular weight excluding hydrogens is 268 g/mol. The summed E-state index contributed by atoms with van der Waals surface area (Å²) in [5.41, 5.74) is 1.78. The smallest absolute Gasteiger partial charge is 0.247 e. The van der Waals surface area contributed by atoms with Crippen molar-refractivity contribution in [2.45, 2.75) is 13.5 Å². The van der Waals surface area contributed by atoms with Gasteiger partial charge in [-0.3, -0.25) is 14.2 Å². The summed E-state index contributed by atoms with van der Waals surface area (Å²) in [5.74, 6) is 0.537.